The Hall–Kier alpha value is -2.53. The largest absolute Gasteiger partial charge is 0.506 e. The average Bonchev–Trinajstić information content (AvgIpc) is 2.60. The molecule has 1 saturated heterocycles. The number of nitrogens with zero attached hydrogens (tertiary/aromatic N) is 2. The van der Waals surface area contributed by atoms with Gasteiger partial charge >= 0.3 is 0 Å². The first-order chi connectivity index (χ1) is 12.3. The van der Waals surface area contributed by atoms with E-state index < -0.39 is 0 Å². The van der Waals surface area contributed by atoms with Crippen LogP contribution in [0, 0.1) is 6.92 Å². The van der Waals surface area contributed by atoms with Crippen LogP contribution in [-0.4, -0.2) is 41.0 Å². The minimum atomic E-state index is -0.129. The zero-order valence-electron chi connectivity index (χ0n) is 14.8. The van der Waals surface area contributed by atoms with Gasteiger partial charge in [0.2, 0.25) is 11.8 Å². The maximum atomic E-state index is 12.7. The molecule has 0 radical (unpaired) electrons. The van der Waals surface area contributed by atoms with Gasteiger partial charge in [0.1, 0.15) is 12.3 Å². The first kappa shape index (κ1) is 18.3. The minimum Gasteiger partial charge on any atom is -0.506 e. The van der Waals surface area contributed by atoms with Gasteiger partial charge in [-0.15, -0.1) is 0 Å². The van der Waals surface area contributed by atoms with Gasteiger partial charge in [-0.05, 0) is 43.7 Å². The van der Waals surface area contributed by atoms with Crippen LogP contribution in [0.5, 0.6) is 5.75 Å². The normalized spacial score (nSPS) is 17.5. The fourth-order valence-electron chi connectivity index (χ4n) is 3.10. The Morgan fingerprint density at radius 1 is 1.23 bits per heavy atom. The number of aromatic hydroxyl groups is 1. The molecule has 1 heterocycles. The average molecular weight is 373 g/mol. The molecule has 136 valence electrons. The van der Waals surface area contributed by atoms with Crippen LogP contribution in [0.1, 0.15) is 18.1 Å². The molecule has 1 fully saturated rings. The minimum absolute atomic E-state index is 0.0156. The van der Waals surface area contributed by atoms with E-state index in [0.29, 0.717) is 12.1 Å². The van der Waals surface area contributed by atoms with Gasteiger partial charge in [0.05, 0.1) is 11.4 Å². The van der Waals surface area contributed by atoms with Crippen molar-refractivity contribution in [1.82, 2.24) is 4.90 Å². The summed E-state index contributed by atoms with van der Waals surface area (Å²) in [5, 5.41) is 9.69. The van der Waals surface area contributed by atoms with Gasteiger partial charge in [0.25, 0.3) is 0 Å². The second-order valence-electron chi connectivity index (χ2n) is 6.67. The van der Waals surface area contributed by atoms with Crippen LogP contribution in [0.3, 0.4) is 0 Å². The predicted octanol–water partition coefficient (Wildman–Crippen LogP) is 3.16. The van der Waals surface area contributed by atoms with E-state index >= 15 is 0 Å². The molecule has 0 saturated carbocycles. The van der Waals surface area contributed by atoms with Gasteiger partial charge in [-0.2, -0.15) is 0 Å². The number of anilines is 1. The van der Waals surface area contributed by atoms with Crippen LogP contribution in [0.2, 0.25) is 5.02 Å². The van der Waals surface area contributed by atoms with Gasteiger partial charge in [-0.3, -0.25) is 9.59 Å². The number of hydrogen-bond acceptors (Lipinski definition) is 3. The predicted molar refractivity (Wildman–Crippen MR) is 102 cm³/mol. The van der Waals surface area contributed by atoms with Crippen molar-refractivity contribution in [3.05, 3.63) is 58.6 Å². The Labute approximate surface area is 157 Å². The van der Waals surface area contributed by atoms with E-state index in [-0.39, 0.29) is 41.6 Å². The van der Waals surface area contributed by atoms with Crippen molar-refractivity contribution >= 4 is 29.1 Å². The molecule has 1 aliphatic rings. The summed E-state index contributed by atoms with van der Waals surface area (Å²) in [4.78, 5) is 28.6. The van der Waals surface area contributed by atoms with Crippen molar-refractivity contribution in [2.24, 2.45) is 0 Å². The second-order valence-corrected chi connectivity index (χ2v) is 7.08. The van der Waals surface area contributed by atoms with Gasteiger partial charge in [0, 0.05) is 18.3 Å². The van der Waals surface area contributed by atoms with E-state index in [2.05, 4.69) is 0 Å². The number of amides is 2. The summed E-state index contributed by atoms with van der Waals surface area (Å²) in [7, 11) is 0. The van der Waals surface area contributed by atoms with Gasteiger partial charge in [-0.25, -0.2) is 0 Å². The molecule has 1 aliphatic heterocycles. The molecular weight excluding hydrogens is 352 g/mol. The fourth-order valence-corrected chi connectivity index (χ4v) is 3.30. The maximum absolute atomic E-state index is 12.7. The Morgan fingerprint density at radius 2 is 1.92 bits per heavy atom. The number of carbonyl (C=O) groups is 2. The highest BCUT2D eigenvalue weighted by atomic mass is 35.5. The first-order valence-corrected chi connectivity index (χ1v) is 8.87. The second kappa shape index (κ2) is 7.38. The van der Waals surface area contributed by atoms with E-state index in [1.54, 1.807) is 21.9 Å². The lowest BCUT2D eigenvalue weighted by Crippen LogP contribution is -2.57. The highest BCUT2D eigenvalue weighted by molar-refractivity contribution is 6.32. The lowest BCUT2D eigenvalue weighted by Gasteiger charge is -2.39. The van der Waals surface area contributed by atoms with Crippen LogP contribution in [-0.2, 0) is 16.0 Å². The summed E-state index contributed by atoms with van der Waals surface area (Å²) in [6, 6.07) is 12.4. The molecule has 5 nitrogen and oxygen atoms in total. The summed E-state index contributed by atoms with van der Waals surface area (Å²) in [5.41, 5.74) is 2.69. The summed E-state index contributed by atoms with van der Waals surface area (Å²) in [6.07, 6.45) is 0.141. The molecule has 6 heteroatoms. The third kappa shape index (κ3) is 3.83. The number of aryl methyl sites for hydroxylation is 1. The molecular formula is C20H21ClN2O3. The number of benzene rings is 2. The van der Waals surface area contributed by atoms with Crippen molar-refractivity contribution in [1.29, 1.82) is 0 Å². The first-order valence-electron chi connectivity index (χ1n) is 8.49. The van der Waals surface area contributed by atoms with Gasteiger partial charge < -0.3 is 14.9 Å². The van der Waals surface area contributed by atoms with Crippen molar-refractivity contribution in [2.75, 3.05) is 18.0 Å². The number of carbonyl (C=O) groups excluding carboxylic acids is 2. The fraction of sp³-hybridized carbons (Fsp3) is 0.300. The van der Waals surface area contributed by atoms with E-state index in [9.17, 15) is 14.7 Å². The Bertz CT molecular complexity index is 835. The maximum Gasteiger partial charge on any atom is 0.246 e. The van der Waals surface area contributed by atoms with E-state index in [0.717, 1.165) is 11.3 Å². The summed E-state index contributed by atoms with van der Waals surface area (Å²) < 4.78 is 0. The highest BCUT2D eigenvalue weighted by Gasteiger charge is 2.33. The van der Waals surface area contributed by atoms with Crippen molar-refractivity contribution in [3.8, 4) is 5.75 Å². The van der Waals surface area contributed by atoms with E-state index in [1.807, 2.05) is 38.1 Å². The van der Waals surface area contributed by atoms with Crippen LogP contribution in [0.4, 0.5) is 5.69 Å². The van der Waals surface area contributed by atoms with E-state index in [4.69, 9.17) is 11.6 Å². The molecule has 1 atom stereocenters. The molecule has 0 aliphatic carbocycles. The monoisotopic (exact) mass is 372 g/mol. The summed E-state index contributed by atoms with van der Waals surface area (Å²) in [6.45, 7) is 4.46. The standard InChI is InChI=1S/C20H21ClN2O3/c1-13-3-6-16(7-4-13)23-11-14(2)22(12-20(23)26)19(25)10-15-5-8-18(24)17(21)9-15/h3-9,14,24H,10-12H2,1-2H3/t14-/m1/s1. The molecule has 1 N–H and O–H groups in total. The topological polar surface area (TPSA) is 60.9 Å². The number of phenols is 1. The number of hydrogen-bond donors (Lipinski definition) is 1. The van der Waals surface area contributed by atoms with Crippen molar-refractivity contribution in [2.45, 2.75) is 26.3 Å². The zero-order chi connectivity index (χ0) is 18.8. The molecule has 2 amide bonds. The molecule has 2 aromatic carbocycles. The van der Waals surface area contributed by atoms with Crippen LogP contribution in [0.25, 0.3) is 0 Å². The number of piperazine rings is 1. The molecule has 0 bridgehead atoms. The smallest absolute Gasteiger partial charge is 0.246 e. The highest BCUT2D eigenvalue weighted by Crippen LogP contribution is 2.25. The zero-order valence-corrected chi connectivity index (χ0v) is 15.5. The molecule has 0 unspecified atom stereocenters. The molecule has 2 aromatic rings. The van der Waals surface area contributed by atoms with Crippen LogP contribution < -0.4 is 4.90 Å². The molecule has 26 heavy (non-hydrogen) atoms. The van der Waals surface area contributed by atoms with Gasteiger partial charge in [0.15, 0.2) is 0 Å². The van der Waals surface area contributed by atoms with Crippen molar-refractivity contribution in [3.63, 3.8) is 0 Å². The molecule has 0 spiro atoms. The SMILES string of the molecule is Cc1ccc(N2C[C@@H](C)N(C(=O)Cc3ccc(O)c(Cl)c3)CC2=O)cc1. The molecule has 0 aromatic heterocycles. The Morgan fingerprint density at radius 3 is 2.58 bits per heavy atom. The summed E-state index contributed by atoms with van der Waals surface area (Å²) in [5.74, 6) is -0.238. The van der Waals surface area contributed by atoms with Crippen LogP contribution >= 0.6 is 11.6 Å². The third-order valence-corrected chi connectivity index (χ3v) is 4.92. The Kier molecular flexibility index (Phi) is 5.18. The number of phenolic OH excluding ortho intramolecular Hbond substituents is 1. The Balaban J connectivity index is 1.70. The lowest BCUT2D eigenvalue weighted by atomic mass is 10.1. The van der Waals surface area contributed by atoms with E-state index in [1.165, 1.54) is 6.07 Å². The third-order valence-electron chi connectivity index (χ3n) is 4.62. The number of rotatable bonds is 3. The lowest BCUT2D eigenvalue weighted by molar-refractivity contribution is -0.138. The van der Waals surface area contributed by atoms with Gasteiger partial charge in [-0.1, -0.05) is 35.4 Å². The quantitative estimate of drug-likeness (QED) is 0.900. The van der Waals surface area contributed by atoms with Crippen molar-refractivity contribution < 1.29 is 14.7 Å². The van der Waals surface area contributed by atoms with Crippen LogP contribution in [0.15, 0.2) is 42.5 Å². The number of halogens is 1. The molecule has 3 rings (SSSR count). The summed E-state index contributed by atoms with van der Waals surface area (Å²) >= 11 is 5.90.